The summed E-state index contributed by atoms with van der Waals surface area (Å²) in [5.74, 6) is 0.805. The second-order valence-corrected chi connectivity index (χ2v) is 8.48. The lowest BCUT2D eigenvalue weighted by atomic mass is 10.0. The summed E-state index contributed by atoms with van der Waals surface area (Å²) >= 11 is 0. The van der Waals surface area contributed by atoms with Gasteiger partial charge in [0.1, 0.15) is 5.75 Å². The van der Waals surface area contributed by atoms with Crippen molar-refractivity contribution in [3.8, 4) is 17.9 Å². The van der Waals surface area contributed by atoms with Gasteiger partial charge < -0.3 is 9.64 Å². The third-order valence-corrected chi connectivity index (χ3v) is 6.25. The Morgan fingerprint density at radius 1 is 0.703 bits per heavy atom. The quantitative estimate of drug-likeness (QED) is 0.231. The molecule has 0 fully saturated rings. The molecule has 0 bridgehead atoms. The number of anilines is 3. The molecule has 37 heavy (non-hydrogen) atoms. The molecule has 0 radical (unpaired) electrons. The van der Waals surface area contributed by atoms with Crippen molar-refractivity contribution < 1.29 is 4.74 Å². The number of hydrogen-bond acceptors (Lipinski definition) is 4. The van der Waals surface area contributed by atoms with Crippen LogP contribution in [0.15, 0.2) is 109 Å². The van der Waals surface area contributed by atoms with Gasteiger partial charge in [-0.2, -0.15) is 10.5 Å². The molecule has 4 heteroatoms. The van der Waals surface area contributed by atoms with E-state index in [0.717, 1.165) is 39.3 Å². The fourth-order valence-corrected chi connectivity index (χ4v) is 4.35. The van der Waals surface area contributed by atoms with Gasteiger partial charge in [-0.05, 0) is 77.2 Å². The van der Waals surface area contributed by atoms with Gasteiger partial charge in [-0.25, -0.2) is 0 Å². The topological polar surface area (TPSA) is 60.0 Å². The molecule has 0 unspecified atom stereocenters. The van der Waals surface area contributed by atoms with E-state index in [9.17, 15) is 10.5 Å². The first kappa shape index (κ1) is 23.4. The zero-order valence-electron chi connectivity index (χ0n) is 20.3. The fourth-order valence-electron chi connectivity index (χ4n) is 4.35. The van der Waals surface area contributed by atoms with Gasteiger partial charge in [-0.15, -0.1) is 0 Å². The van der Waals surface area contributed by atoms with E-state index in [1.165, 1.54) is 5.39 Å². The summed E-state index contributed by atoms with van der Waals surface area (Å²) < 4.78 is 5.38. The number of rotatable bonds is 6. The molecule has 0 N–H and O–H groups in total. The van der Waals surface area contributed by atoms with Crippen molar-refractivity contribution in [1.29, 1.82) is 10.5 Å². The molecule has 0 saturated carbocycles. The molecular formula is C33H23N3O. The van der Waals surface area contributed by atoms with E-state index in [2.05, 4.69) is 83.8 Å². The summed E-state index contributed by atoms with van der Waals surface area (Å²) in [7, 11) is 1.67. The van der Waals surface area contributed by atoms with Crippen molar-refractivity contribution in [2.45, 2.75) is 0 Å². The number of benzene rings is 5. The number of ether oxygens (including phenoxy) is 1. The molecule has 0 aliphatic heterocycles. The van der Waals surface area contributed by atoms with Crippen LogP contribution in [-0.4, -0.2) is 7.11 Å². The first-order valence-electron chi connectivity index (χ1n) is 11.8. The number of fused-ring (bicyclic) bond motifs is 1. The standard InChI is InChI=1S/C33H23N3O/c1-37-31-19-17-30(18-20-31)36(33-8-4-6-26-5-2-3-7-32(26)33)29-15-11-24(12-16-29)9-13-27-21-25(22-34)10-14-28(27)23-35/h2-21H,1H3. The molecule has 5 aromatic rings. The van der Waals surface area contributed by atoms with Gasteiger partial charge in [0.25, 0.3) is 0 Å². The summed E-state index contributed by atoms with van der Waals surface area (Å²) in [6.07, 6.45) is 3.83. The zero-order valence-corrected chi connectivity index (χ0v) is 20.3. The van der Waals surface area contributed by atoms with E-state index in [4.69, 9.17) is 4.74 Å². The van der Waals surface area contributed by atoms with Crippen LogP contribution >= 0.6 is 0 Å². The van der Waals surface area contributed by atoms with E-state index < -0.39 is 0 Å². The van der Waals surface area contributed by atoms with Crippen LogP contribution in [0.1, 0.15) is 22.3 Å². The molecule has 0 spiro atoms. The minimum absolute atomic E-state index is 0.527. The van der Waals surface area contributed by atoms with Crippen LogP contribution in [0.4, 0.5) is 17.1 Å². The van der Waals surface area contributed by atoms with E-state index >= 15 is 0 Å². The maximum Gasteiger partial charge on any atom is 0.119 e. The van der Waals surface area contributed by atoms with Crippen LogP contribution in [0.5, 0.6) is 5.75 Å². The first-order chi connectivity index (χ1) is 18.2. The number of nitriles is 2. The highest BCUT2D eigenvalue weighted by atomic mass is 16.5. The van der Waals surface area contributed by atoms with Crippen LogP contribution < -0.4 is 9.64 Å². The Morgan fingerprint density at radius 2 is 1.41 bits per heavy atom. The highest BCUT2D eigenvalue weighted by molar-refractivity contribution is 5.98. The van der Waals surface area contributed by atoms with Crippen molar-refractivity contribution in [2.24, 2.45) is 0 Å². The van der Waals surface area contributed by atoms with Crippen LogP contribution in [0.3, 0.4) is 0 Å². The predicted octanol–water partition coefficient (Wildman–Crippen LogP) is 8.23. The Kier molecular flexibility index (Phi) is 6.66. The lowest BCUT2D eigenvalue weighted by molar-refractivity contribution is 0.415. The molecule has 5 rings (SSSR count). The van der Waals surface area contributed by atoms with Gasteiger partial charge in [0.05, 0.1) is 36.1 Å². The highest BCUT2D eigenvalue weighted by Gasteiger charge is 2.15. The minimum Gasteiger partial charge on any atom is -0.497 e. The predicted molar refractivity (Wildman–Crippen MR) is 150 cm³/mol. The molecule has 4 nitrogen and oxygen atoms in total. The third kappa shape index (κ3) is 4.91. The van der Waals surface area contributed by atoms with Crippen LogP contribution in [0, 0.1) is 22.7 Å². The van der Waals surface area contributed by atoms with Gasteiger partial charge in [0.2, 0.25) is 0 Å². The lowest BCUT2D eigenvalue weighted by Gasteiger charge is -2.27. The normalized spacial score (nSPS) is 10.7. The van der Waals surface area contributed by atoms with Gasteiger partial charge in [-0.3, -0.25) is 0 Å². The second-order valence-electron chi connectivity index (χ2n) is 8.48. The Balaban J connectivity index is 1.54. The molecule has 0 amide bonds. The lowest BCUT2D eigenvalue weighted by Crippen LogP contribution is -2.10. The van der Waals surface area contributed by atoms with Crippen LogP contribution in [-0.2, 0) is 0 Å². The van der Waals surface area contributed by atoms with Crippen LogP contribution in [0.2, 0.25) is 0 Å². The summed E-state index contributed by atoms with van der Waals surface area (Å²) in [5, 5.41) is 21.0. The van der Waals surface area contributed by atoms with Crippen molar-refractivity contribution in [1.82, 2.24) is 0 Å². The van der Waals surface area contributed by atoms with E-state index in [1.807, 2.05) is 36.4 Å². The zero-order chi connectivity index (χ0) is 25.6. The largest absolute Gasteiger partial charge is 0.497 e. The Morgan fingerprint density at radius 3 is 2.11 bits per heavy atom. The molecule has 0 heterocycles. The van der Waals surface area contributed by atoms with Crippen molar-refractivity contribution in [3.63, 3.8) is 0 Å². The monoisotopic (exact) mass is 477 g/mol. The number of methoxy groups -OCH3 is 1. The van der Waals surface area contributed by atoms with Crippen molar-refractivity contribution in [3.05, 3.63) is 131 Å². The molecular weight excluding hydrogens is 454 g/mol. The van der Waals surface area contributed by atoms with Crippen molar-refractivity contribution >= 4 is 40.0 Å². The van der Waals surface area contributed by atoms with Crippen molar-refractivity contribution in [2.75, 3.05) is 12.0 Å². The maximum atomic E-state index is 9.42. The fraction of sp³-hybridized carbons (Fsp3) is 0.0303. The minimum atomic E-state index is 0.527. The molecule has 0 aromatic heterocycles. The number of hydrogen-bond donors (Lipinski definition) is 0. The second kappa shape index (κ2) is 10.5. The third-order valence-electron chi connectivity index (χ3n) is 6.25. The average Bonchev–Trinajstić information content (AvgIpc) is 2.97. The molecule has 0 aliphatic carbocycles. The van der Waals surface area contributed by atoms with Crippen LogP contribution in [0.25, 0.3) is 22.9 Å². The summed E-state index contributed by atoms with van der Waals surface area (Å²) in [6.45, 7) is 0. The summed E-state index contributed by atoms with van der Waals surface area (Å²) in [4.78, 5) is 2.24. The molecule has 0 saturated heterocycles. The smallest absolute Gasteiger partial charge is 0.119 e. The molecule has 176 valence electrons. The highest BCUT2D eigenvalue weighted by Crippen LogP contribution is 2.39. The maximum absolute atomic E-state index is 9.42. The SMILES string of the molecule is COc1ccc(N(c2ccc(C=Cc3cc(C#N)ccc3C#N)cc2)c2cccc3ccccc23)cc1. The van der Waals surface area contributed by atoms with E-state index in [0.29, 0.717) is 11.1 Å². The Labute approximate surface area is 216 Å². The Bertz CT molecular complexity index is 1670. The summed E-state index contributed by atoms with van der Waals surface area (Å²) in [5.41, 5.74) is 5.89. The summed E-state index contributed by atoms with van der Waals surface area (Å²) in [6, 6.07) is 40.4. The van der Waals surface area contributed by atoms with E-state index in [1.54, 1.807) is 25.3 Å². The van der Waals surface area contributed by atoms with Gasteiger partial charge in [-0.1, -0.05) is 60.7 Å². The molecule has 0 atom stereocenters. The van der Waals surface area contributed by atoms with Gasteiger partial charge in [0, 0.05) is 16.8 Å². The first-order valence-corrected chi connectivity index (χ1v) is 11.8. The van der Waals surface area contributed by atoms with Gasteiger partial charge >= 0.3 is 0 Å². The Hall–Kier alpha value is -5.32. The van der Waals surface area contributed by atoms with E-state index in [-0.39, 0.29) is 0 Å². The average molecular weight is 478 g/mol. The molecule has 5 aromatic carbocycles. The van der Waals surface area contributed by atoms with Gasteiger partial charge in [0.15, 0.2) is 0 Å². The molecule has 0 aliphatic rings. The number of nitrogens with zero attached hydrogens (tertiary/aromatic N) is 3.